The number of carboxylic acid groups (broad SMARTS) is 1. The molecule has 1 aromatic carbocycles. The normalized spacial score (nSPS) is 22.6. The maximum Gasteiger partial charge on any atom is 0.308 e. The van der Waals surface area contributed by atoms with E-state index >= 15 is 0 Å². The van der Waals surface area contributed by atoms with Crippen molar-refractivity contribution in [3.05, 3.63) is 32.8 Å². The van der Waals surface area contributed by atoms with Crippen molar-refractivity contribution in [1.82, 2.24) is 0 Å². The van der Waals surface area contributed by atoms with E-state index in [1.165, 1.54) is 6.07 Å². The van der Waals surface area contributed by atoms with Gasteiger partial charge >= 0.3 is 5.97 Å². The summed E-state index contributed by atoms with van der Waals surface area (Å²) in [5.41, 5.74) is 0.480. The maximum atomic E-state index is 11.2. The second-order valence-corrected chi connectivity index (χ2v) is 6.09. The molecule has 6 nitrogen and oxygen atoms in total. The minimum atomic E-state index is -0.848. The fourth-order valence-corrected chi connectivity index (χ4v) is 2.98. The first kappa shape index (κ1) is 14.8. The molecule has 0 amide bonds. The number of halogens is 1. The van der Waals surface area contributed by atoms with E-state index in [1.54, 1.807) is 17.0 Å². The van der Waals surface area contributed by atoms with E-state index in [2.05, 4.69) is 15.9 Å². The summed E-state index contributed by atoms with van der Waals surface area (Å²) >= 11 is 3.31. The molecular weight excluding hydrogens is 328 g/mol. The molecule has 0 aliphatic carbocycles. The SMILES string of the molecule is CC1CC(C(=O)O)CN(c2cc(Br)ccc2[N+](=O)[O-])C1. The summed E-state index contributed by atoms with van der Waals surface area (Å²) < 4.78 is 0.739. The topological polar surface area (TPSA) is 83.7 Å². The van der Waals surface area contributed by atoms with E-state index < -0.39 is 16.8 Å². The second kappa shape index (κ2) is 5.78. The molecule has 0 bridgehead atoms. The molecule has 1 aliphatic heterocycles. The predicted molar refractivity (Wildman–Crippen MR) is 77.9 cm³/mol. The molecule has 108 valence electrons. The van der Waals surface area contributed by atoms with Gasteiger partial charge in [0.2, 0.25) is 0 Å². The lowest BCUT2D eigenvalue weighted by molar-refractivity contribution is -0.384. The lowest BCUT2D eigenvalue weighted by atomic mass is 9.90. The lowest BCUT2D eigenvalue weighted by Gasteiger charge is -2.35. The third kappa shape index (κ3) is 3.09. The molecule has 1 saturated heterocycles. The van der Waals surface area contributed by atoms with Crippen LogP contribution >= 0.6 is 15.9 Å². The van der Waals surface area contributed by atoms with Crippen LogP contribution in [0.25, 0.3) is 0 Å². The minimum Gasteiger partial charge on any atom is -0.481 e. The highest BCUT2D eigenvalue weighted by atomic mass is 79.9. The Bertz CT molecular complexity index is 549. The summed E-state index contributed by atoms with van der Waals surface area (Å²) in [5.74, 6) is -1.15. The minimum absolute atomic E-state index is 0.00596. The molecule has 2 unspecified atom stereocenters. The lowest BCUT2D eigenvalue weighted by Crippen LogP contribution is -2.42. The van der Waals surface area contributed by atoms with Gasteiger partial charge in [-0.2, -0.15) is 0 Å². The average molecular weight is 343 g/mol. The van der Waals surface area contributed by atoms with Crippen molar-refractivity contribution in [2.75, 3.05) is 18.0 Å². The number of nitro benzene ring substituents is 1. The quantitative estimate of drug-likeness (QED) is 0.674. The standard InChI is InChI=1S/C13H15BrN2O4/c1-8-4-9(13(17)18)7-15(6-8)12-5-10(14)2-3-11(12)16(19)20/h2-3,5,8-9H,4,6-7H2,1H3,(H,17,18). The second-order valence-electron chi connectivity index (χ2n) is 5.17. The molecule has 2 atom stereocenters. The number of benzene rings is 1. The molecule has 20 heavy (non-hydrogen) atoms. The molecule has 1 N–H and O–H groups in total. The smallest absolute Gasteiger partial charge is 0.308 e. The Balaban J connectivity index is 2.37. The van der Waals surface area contributed by atoms with Crippen LogP contribution in [0.3, 0.4) is 0 Å². The molecule has 1 fully saturated rings. The van der Waals surface area contributed by atoms with Crippen LogP contribution in [0.5, 0.6) is 0 Å². The van der Waals surface area contributed by atoms with Crippen LogP contribution < -0.4 is 4.90 Å². The van der Waals surface area contributed by atoms with Crippen LogP contribution in [-0.4, -0.2) is 29.1 Å². The van der Waals surface area contributed by atoms with Gasteiger partial charge in [0.1, 0.15) is 5.69 Å². The summed E-state index contributed by atoms with van der Waals surface area (Å²) in [6.45, 7) is 2.89. The van der Waals surface area contributed by atoms with Crippen LogP contribution in [0, 0.1) is 22.0 Å². The molecule has 2 rings (SSSR count). The molecule has 1 aromatic rings. The van der Waals surface area contributed by atoms with Crippen molar-refractivity contribution in [1.29, 1.82) is 0 Å². The number of hydrogen-bond acceptors (Lipinski definition) is 4. The Morgan fingerprint density at radius 1 is 1.50 bits per heavy atom. The number of aliphatic carboxylic acids is 1. The zero-order chi connectivity index (χ0) is 14.9. The van der Waals surface area contributed by atoms with Gasteiger partial charge in [0, 0.05) is 23.6 Å². The number of nitrogens with zero attached hydrogens (tertiary/aromatic N) is 2. The molecule has 1 heterocycles. The van der Waals surface area contributed by atoms with E-state index in [-0.39, 0.29) is 11.6 Å². The highest BCUT2D eigenvalue weighted by Crippen LogP contribution is 2.35. The predicted octanol–water partition coefficient (Wildman–Crippen LogP) is 2.90. The van der Waals surface area contributed by atoms with Crippen molar-refractivity contribution in [3.63, 3.8) is 0 Å². The monoisotopic (exact) mass is 342 g/mol. The fourth-order valence-electron chi connectivity index (χ4n) is 2.63. The summed E-state index contributed by atoms with van der Waals surface area (Å²) in [7, 11) is 0. The number of nitro groups is 1. The van der Waals surface area contributed by atoms with E-state index in [0.29, 0.717) is 25.2 Å². The summed E-state index contributed by atoms with van der Waals surface area (Å²) in [6, 6.07) is 4.73. The van der Waals surface area contributed by atoms with E-state index in [9.17, 15) is 20.0 Å². The molecule has 0 radical (unpaired) electrons. The van der Waals surface area contributed by atoms with Crippen molar-refractivity contribution < 1.29 is 14.8 Å². The van der Waals surface area contributed by atoms with Gasteiger partial charge in [0.25, 0.3) is 5.69 Å². The number of anilines is 1. The Labute approximate surface area is 124 Å². The van der Waals surface area contributed by atoms with Gasteiger partial charge in [0.15, 0.2) is 0 Å². The molecule has 0 aromatic heterocycles. The van der Waals surface area contributed by atoms with Crippen LogP contribution in [0.2, 0.25) is 0 Å². The zero-order valence-corrected chi connectivity index (χ0v) is 12.5. The number of rotatable bonds is 3. The zero-order valence-electron chi connectivity index (χ0n) is 11.0. The number of hydrogen-bond donors (Lipinski definition) is 1. The van der Waals surface area contributed by atoms with Gasteiger partial charge in [-0.25, -0.2) is 0 Å². The third-order valence-corrected chi connectivity index (χ3v) is 3.98. The van der Waals surface area contributed by atoms with Crippen LogP contribution in [0.4, 0.5) is 11.4 Å². The Kier molecular flexibility index (Phi) is 4.27. The van der Waals surface area contributed by atoms with Gasteiger partial charge in [-0.1, -0.05) is 22.9 Å². The van der Waals surface area contributed by atoms with Crippen molar-refractivity contribution in [2.24, 2.45) is 11.8 Å². The van der Waals surface area contributed by atoms with Crippen LogP contribution in [-0.2, 0) is 4.79 Å². The number of carboxylic acids is 1. The Morgan fingerprint density at radius 2 is 2.20 bits per heavy atom. The maximum absolute atomic E-state index is 11.2. The van der Waals surface area contributed by atoms with Gasteiger partial charge < -0.3 is 10.0 Å². The van der Waals surface area contributed by atoms with Crippen molar-refractivity contribution in [2.45, 2.75) is 13.3 Å². The molecule has 0 spiro atoms. The van der Waals surface area contributed by atoms with Gasteiger partial charge in [-0.05, 0) is 24.5 Å². The van der Waals surface area contributed by atoms with E-state index in [1.807, 2.05) is 6.92 Å². The van der Waals surface area contributed by atoms with Crippen molar-refractivity contribution in [3.8, 4) is 0 Å². The van der Waals surface area contributed by atoms with Gasteiger partial charge in [-0.15, -0.1) is 0 Å². The van der Waals surface area contributed by atoms with Crippen molar-refractivity contribution >= 4 is 33.3 Å². The molecule has 0 saturated carbocycles. The fraction of sp³-hybridized carbons (Fsp3) is 0.462. The third-order valence-electron chi connectivity index (χ3n) is 3.48. The highest BCUT2D eigenvalue weighted by Gasteiger charge is 2.32. The molecular formula is C13H15BrN2O4. The summed E-state index contributed by atoms with van der Waals surface area (Å²) in [5, 5.41) is 20.3. The number of piperidine rings is 1. The summed E-state index contributed by atoms with van der Waals surface area (Å²) in [4.78, 5) is 23.7. The average Bonchev–Trinajstić information content (AvgIpc) is 2.37. The van der Waals surface area contributed by atoms with Crippen LogP contribution in [0.1, 0.15) is 13.3 Å². The molecule has 7 heteroatoms. The Hall–Kier alpha value is -1.63. The highest BCUT2D eigenvalue weighted by molar-refractivity contribution is 9.10. The Morgan fingerprint density at radius 3 is 2.80 bits per heavy atom. The largest absolute Gasteiger partial charge is 0.481 e. The van der Waals surface area contributed by atoms with Crippen LogP contribution in [0.15, 0.2) is 22.7 Å². The summed E-state index contributed by atoms with van der Waals surface area (Å²) in [6.07, 6.45) is 0.605. The first-order valence-corrected chi connectivity index (χ1v) is 7.09. The van der Waals surface area contributed by atoms with E-state index in [4.69, 9.17) is 0 Å². The van der Waals surface area contributed by atoms with Gasteiger partial charge in [0.05, 0.1) is 10.8 Å². The number of carbonyl (C=O) groups is 1. The first-order chi connectivity index (χ1) is 9.38. The molecule has 1 aliphatic rings. The van der Waals surface area contributed by atoms with Gasteiger partial charge in [-0.3, -0.25) is 14.9 Å². The first-order valence-electron chi connectivity index (χ1n) is 6.30. The van der Waals surface area contributed by atoms with E-state index in [0.717, 1.165) is 4.47 Å².